The van der Waals surface area contributed by atoms with E-state index in [2.05, 4.69) is 19.2 Å². The van der Waals surface area contributed by atoms with Crippen molar-refractivity contribution in [3.63, 3.8) is 0 Å². The van der Waals surface area contributed by atoms with Gasteiger partial charge in [-0.3, -0.25) is 4.99 Å². The molecular weight excluding hydrogens is 232 g/mol. The van der Waals surface area contributed by atoms with E-state index in [-0.39, 0.29) is 5.54 Å². The quantitative estimate of drug-likeness (QED) is 0.839. The van der Waals surface area contributed by atoms with Gasteiger partial charge in [0.15, 0.2) is 5.17 Å². The fourth-order valence-electron chi connectivity index (χ4n) is 2.24. The lowest BCUT2D eigenvalue weighted by Crippen LogP contribution is -2.48. The van der Waals surface area contributed by atoms with Crippen LogP contribution in [0, 0.1) is 5.92 Å². The Kier molecular flexibility index (Phi) is 4.74. The number of nitrogens with one attached hydrogen (secondary N) is 1. The molecule has 2 heterocycles. The van der Waals surface area contributed by atoms with E-state index in [9.17, 15) is 0 Å². The van der Waals surface area contributed by atoms with Gasteiger partial charge in [0.05, 0.1) is 0 Å². The van der Waals surface area contributed by atoms with Crippen LogP contribution >= 0.6 is 11.8 Å². The first-order chi connectivity index (χ1) is 8.22. The molecule has 0 radical (unpaired) electrons. The number of aliphatic imine (C=N–C) groups is 1. The molecule has 0 bridgehead atoms. The van der Waals surface area contributed by atoms with E-state index in [1.807, 2.05) is 11.8 Å². The summed E-state index contributed by atoms with van der Waals surface area (Å²) in [6.07, 6.45) is 4.80. The van der Waals surface area contributed by atoms with Crippen molar-refractivity contribution in [2.24, 2.45) is 10.9 Å². The Labute approximate surface area is 109 Å². The van der Waals surface area contributed by atoms with Gasteiger partial charge in [-0.25, -0.2) is 0 Å². The van der Waals surface area contributed by atoms with Crippen LogP contribution in [0.2, 0.25) is 0 Å². The zero-order valence-corrected chi connectivity index (χ0v) is 11.8. The molecule has 0 aromatic rings. The van der Waals surface area contributed by atoms with E-state index in [0.717, 1.165) is 30.8 Å². The van der Waals surface area contributed by atoms with Gasteiger partial charge in [-0.15, -0.1) is 0 Å². The van der Waals surface area contributed by atoms with Crippen LogP contribution in [0.1, 0.15) is 39.5 Å². The molecule has 4 heteroatoms. The summed E-state index contributed by atoms with van der Waals surface area (Å²) in [7, 11) is 0. The Morgan fingerprint density at radius 1 is 1.59 bits per heavy atom. The molecule has 0 aromatic carbocycles. The van der Waals surface area contributed by atoms with E-state index in [1.165, 1.54) is 31.4 Å². The molecule has 0 aliphatic carbocycles. The second-order valence-corrected chi connectivity index (χ2v) is 6.43. The number of hydrogen-bond acceptors (Lipinski definition) is 3. The fourth-order valence-corrected chi connectivity index (χ4v) is 3.49. The molecule has 0 spiro atoms. The second-order valence-electron chi connectivity index (χ2n) is 5.34. The SMILES string of the molecule is CCC1(C)CCSC(=NCCC2CCOC2)N1. The highest BCUT2D eigenvalue weighted by atomic mass is 32.2. The highest BCUT2D eigenvalue weighted by Gasteiger charge is 2.27. The summed E-state index contributed by atoms with van der Waals surface area (Å²) in [6.45, 7) is 7.38. The zero-order chi connectivity index (χ0) is 12.1. The van der Waals surface area contributed by atoms with Crippen molar-refractivity contribution in [3.05, 3.63) is 0 Å². The number of ether oxygens (including phenoxy) is 1. The summed E-state index contributed by atoms with van der Waals surface area (Å²) in [6, 6.07) is 0. The van der Waals surface area contributed by atoms with Crippen molar-refractivity contribution in [3.8, 4) is 0 Å². The standard InChI is InChI=1S/C13H24N2OS/c1-3-13(2)6-9-17-12(15-13)14-7-4-11-5-8-16-10-11/h11H,3-10H2,1-2H3,(H,14,15). The van der Waals surface area contributed by atoms with Crippen molar-refractivity contribution in [1.29, 1.82) is 0 Å². The van der Waals surface area contributed by atoms with Gasteiger partial charge in [0, 0.05) is 31.1 Å². The van der Waals surface area contributed by atoms with Gasteiger partial charge in [-0.2, -0.15) is 0 Å². The minimum atomic E-state index is 0.264. The van der Waals surface area contributed by atoms with E-state index >= 15 is 0 Å². The monoisotopic (exact) mass is 256 g/mol. The molecule has 1 N–H and O–H groups in total. The van der Waals surface area contributed by atoms with Crippen LogP contribution < -0.4 is 5.32 Å². The molecule has 17 heavy (non-hydrogen) atoms. The van der Waals surface area contributed by atoms with Gasteiger partial charge >= 0.3 is 0 Å². The minimum absolute atomic E-state index is 0.264. The Morgan fingerprint density at radius 2 is 2.47 bits per heavy atom. The molecule has 2 aliphatic heterocycles. The zero-order valence-electron chi connectivity index (χ0n) is 11.0. The van der Waals surface area contributed by atoms with Gasteiger partial charge in [0.1, 0.15) is 0 Å². The lowest BCUT2D eigenvalue weighted by Gasteiger charge is -2.35. The highest BCUT2D eigenvalue weighted by molar-refractivity contribution is 8.13. The number of hydrogen-bond donors (Lipinski definition) is 1. The predicted octanol–water partition coefficient (Wildman–Crippen LogP) is 2.66. The van der Waals surface area contributed by atoms with E-state index in [1.54, 1.807) is 0 Å². The van der Waals surface area contributed by atoms with Crippen LogP contribution in [0.5, 0.6) is 0 Å². The molecule has 2 saturated heterocycles. The first kappa shape index (κ1) is 13.2. The summed E-state index contributed by atoms with van der Waals surface area (Å²) >= 11 is 1.87. The van der Waals surface area contributed by atoms with E-state index < -0.39 is 0 Å². The summed E-state index contributed by atoms with van der Waals surface area (Å²) in [5.41, 5.74) is 0.264. The van der Waals surface area contributed by atoms with Gasteiger partial charge in [-0.05, 0) is 38.5 Å². The van der Waals surface area contributed by atoms with Crippen LogP contribution in [0.15, 0.2) is 4.99 Å². The topological polar surface area (TPSA) is 33.6 Å². The third kappa shape index (κ3) is 3.88. The number of rotatable bonds is 4. The average Bonchev–Trinajstić information content (AvgIpc) is 2.82. The summed E-state index contributed by atoms with van der Waals surface area (Å²) < 4.78 is 5.38. The molecule has 0 saturated carbocycles. The van der Waals surface area contributed by atoms with Crippen molar-refractivity contribution in [2.75, 3.05) is 25.5 Å². The van der Waals surface area contributed by atoms with Crippen LogP contribution in [0.4, 0.5) is 0 Å². The largest absolute Gasteiger partial charge is 0.381 e. The molecule has 2 atom stereocenters. The Balaban J connectivity index is 1.76. The van der Waals surface area contributed by atoms with Crippen molar-refractivity contribution in [1.82, 2.24) is 5.32 Å². The molecule has 98 valence electrons. The molecule has 3 nitrogen and oxygen atoms in total. The minimum Gasteiger partial charge on any atom is -0.381 e. The van der Waals surface area contributed by atoms with Crippen LogP contribution in [-0.4, -0.2) is 36.2 Å². The average molecular weight is 256 g/mol. The maximum Gasteiger partial charge on any atom is 0.156 e. The van der Waals surface area contributed by atoms with Crippen molar-refractivity contribution >= 4 is 16.9 Å². The molecule has 2 aliphatic rings. The van der Waals surface area contributed by atoms with Gasteiger partial charge in [0.2, 0.25) is 0 Å². The van der Waals surface area contributed by atoms with Crippen LogP contribution in [0.3, 0.4) is 0 Å². The Hall–Kier alpha value is -0.220. The number of amidine groups is 1. The van der Waals surface area contributed by atoms with Crippen LogP contribution in [0.25, 0.3) is 0 Å². The first-order valence-corrected chi connectivity index (χ1v) is 7.73. The maximum atomic E-state index is 5.38. The second kappa shape index (κ2) is 6.10. The fraction of sp³-hybridized carbons (Fsp3) is 0.923. The Morgan fingerprint density at radius 3 is 3.18 bits per heavy atom. The molecular formula is C13H24N2OS. The number of nitrogens with zero attached hydrogens (tertiary/aromatic N) is 1. The normalized spacial score (nSPS) is 36.1. The summed E-state index contributed by atoms with van der Waals surface area (Å²) in [5.74, 6) is 1.94. The summed E-state index contributed by atoms with van der Waals surface area (Å²) in [4.78, 5) is 4.70. The van der Waals surface area contributed by atoms with E-state index in [4.69, 9.17) is 9.73 Å². The van der Waals surface area contributed by atoms with Crippen LogP contribution in [-0.2, 0) is 4.74 Å². The van der Waals surface area contributed by atoms with Gasteiger partial charge in [-0.1, -0.05) is 18.7 Å². The first-order valence-electron chi connectivity index (χ1n) is 6.75. The van der Waals surface area contributed by atoms with Gasteiger partial charge < -0.3 is 10.1 Å². The third-order valence-electron chi connectivity index (χ3n) is 3.90. The maximum absolute atomic E-state index is 5.38. The van der Waals surface area contributed by atoms with Gasteiger partial charge in [0.25, 0.3) is 0 Å². The third-order valence-corrected chi connectivity index (χ3v) is 4.81. The smallest absolute Gasteiger partial charge is 0.156 e. The molecule has 2 rings (SSSR count). The molecule has 2 fully saturated rings. The highest BCUT2D eigenvalue weighted by Crippen LogP contribution is 2.25. The predicted molar refractivity (Wildman–Crippen MR) is 74.8 cm³/mol. The van der Waals surface area contributed by atoms with Crippen molar-refractivity contribution < 1.29 is 4.74 Å². The molecule has 0 aromatic heterocycles. The Bertz CT molecular complexity index is 277. The van der Waals surface area contributed by atoms with E-state index in [0.29, 0.717) is 0 Å². The molecule has 0 amide bonds. The lowest BCUT2D eigenvalue weighted by molar-refractivity contribution is 0.184. The number of thioether (sulfide) groups is 1. The molecule has 2 unspecified atom stereocenters. The summed E-state index contributed by atoms with van der Waals surface area (Å²) in [5, 5.41) is 4.74. The lowest BCUT2D eigenvalue weighted by atomic mass is 9.96. The van der Waals surface area contributed by atoms with Crippen molar-refractivity contribution in [2.45, 2.75) is 45.1 Å².